The van der Waals surface area contributed by atoms with Crippen LogP contribution in [0.2, 0.25) is 0 Å². The molecule has 0 aliphatic rings. The van der Waals surface area contributed by atoms with Gasteiger partial charge in [-0.2, -0.15) is 0 Å². The molecule has 2 rings (SSSR count). The number of hydrogen-bond donors (Lipinski definition) is 2. The van der Waals surface area contributed by atoms with E-state index in [2.05, 4.69) is 16.4 Å². The number of carbonyl (C=O) groups is 1. The van der Waals surface area contributed by atoms with Gasteiger partial charge in [0.2, 0.25) is 0 Å². The van der Waals surface area contributed by atoms with Crippen LogP contribution in [0.25, 0.3) is 10.2 Å². The molecule has 2 aromatic rings. The average molecular weight is 324 g/mol. The summed E-state index contributed by atoms with van der Waals surface area (Å²) < 4.78 is 2.25. The lowest BCUT2D eigenvalue weighted by Crippen LogP contribution is -2.49. The van der Waals surface area contributed by atoms with Crippen LogP contribution in [0.3, 0.4) is 0 Å². The van der Waals surface area contributed by atoms with Crippen LogP contribution in [0.15, 0.2) is 28.6 Å². The number of para-hydroxylation sites is 1. The van der Waals surface area contributed by atoms with Gasteiger partial charge in [-0.1, -0.05) is 30.8 Å². The Balaban J connectivity index is 1.85. The van der Waals surface area contributed by atoms with Crippen LogP contribution < -0.4 is 5.32 Å². The van der Waals surface area contributed by atoms with E-state index in [0.717, 1.165) is 22.0 Å². The third-order valence-electron chi connectivity index (χ3n) is 3.36. The highest BCUT2D eigenvalue weighted by atomic mass is 32.2. The van der Waals surface area contributed by atoms with Crippen molar-refractivity contribution in [1.82, 2.24) is 10.3 Å². The molecule has 0 spiro atoms. The van der Waals surface area contributed by atoms with E-state index in [4.69, 9.17) is 0 Å². The normalized spacial score (nSPS) is 14.2. The second-order valence-corrected chi connectivity index (χ2v) is 7.44. The van der Waals surface area contributed by atoms with Crippen molar-refractivity contribution in [1.29, 1.82) is 0 Å². The SMILES string of the molecule is CCNC(C)(CCCSc1nc2ccccc2s1)C(=O)O. The summed E-state index contributed by atoms with van der Waals surface area (Å²) in [6.45, 7) is 4.34. The number of fused-ring (bicyclic) bond motifs is 1. The van der Waals surface area contributed by atoms with Crippen molar-refractivity contribution in [3.63, 3.8) is 0 Å². The van der Waals surface area contributed by atoms with Gasteiger partial charge in [-0.05, 0) is 38.4 Å². The summed E-state index contributed by atoms with van der Waals surface area (Å²) in [5.74, 6) is 0.100. The molecule has 0 aliphatic carbocycles. The number of thiazole rings is 1. The molecule has 4 nitrogen and oxygen atoms in total. The largest absolute Gasteiger partial charge is 0.480 e. The van der Waals surface area contributed by atoms with E-state index < -0.39 is 11.5 Å². The standard InChI is InChI=1S/C15H20N2O2S2/c1-3-16-15(2,13(18)19)9-6-10-20-14-17-11-7-4-5-8-12(11)21-14/h4-5,7-8,16H,3,6,9-10H2,1-2H3,(H,18,19). The van der Waals surface area contributed by atoms with Crippen molar-refractivity contribution in [2.45, 2.75) is 36.6 Å². The van der Waals surface area contributed by atoms with Crippen LogP contribution in [-0.2, 0) is 4.79 Å². The van der Waals surface area contributed by atoms with Gasteiger partial charge in [0.05, 0.1) is 10.2 Å². The Labute approximate surface area is 133 Å². The van der Waals surface area contributed by atoms with Crippen molar-refractivity contribution in [3.8, 4) is 0 Å². The maximum Gasteiger partial charge on any atom is 0.323 e. The first kappa shape index (κ1) is 16.3. The maximum absolute atomic E-state index is 11.3. The van der Waals surface area contributed by atoms with Gasteiger partial charge in [-0.15, -0.1) is 11.3 Å². The van der Waals surface area contributed by atoms with Crippen molar-refractivity contribution >= 4 is 39.3 Å². The second kappa shape index (κ2) is 7.24. The van der Waals surface area contributed by atoms with E-state index in [9.17, 15) is 9.90 Å². The van der Waals surface area contributed by atoms with Crippen LogP contribution in [0.5, 0.6) is 0 Å². The molecule has 0 radical (unpaired) electrons. The molecule has 21 heavy (non-hydrogen) atoms. The Hall–Kier alpha value is -1.11. The minimum absolute atomic E-state index is 0.619. The van der Waals surface area contributed by atoms with Crippen LogP contribution in [0.4, 0.5) is 0 Å². The van der Waals surface area contributed by atoms with E-state index in [1.54, 1.807) is 30.0 Å². The summed E-state index contributed by atoms with van der Waals surface area (Å²) in [4.78, 5) is 15.9. The Bertz CT molecular complexity index is 581. The number of thioether (sulfide) groups is 1. The predicted molar refractivity (Wildman–Crippen MR) is 89.3 cm³/mol. The molecule has 1 aromatic carbocycles. The van der Waals surface area contributed by atoms with E-state index in [-0.39, 0.29) is 0 Å². The quantitative estimate of drug-likeness (QED) is 0.573. The fourth-order valence-electron chi connectivity index (χ4n) is 2.16. The number of hydrogen-bond acceptors (Lipinski definition) is 5. The molecule has 1 heterocycles. The van der Waals surface area contributed by atoms with Crippen molar-refractivity contribution in [2.75, 3.05) is 12.3 Å². The zero-order valence-corrected chi connectivity index (χ0v) is 13.9. The van der Waals surface area contributed by atoms with Crippen molar-refractivity contribution < 1.29 is 9.90 Å². The smallest absolute Gasteiger partial charge is 0.323 e. The van der Waals surface area contributed by atoms with Gasteiger partial charge in [0.1, 0.15) is 5.54 Å². The maximum atomic E-state index is 11.3. The molecule has 0 amide bonds. The van der Waals surface area contributed by atoms with Crippen LogP contribution in [0.1, 0.15) is 26.7 Å². The monoisotopic (exact) mass is 324 g/mol. The van der Waals surface area contributed by atoms with E-state index >= 15 is 0 Å². The van der Waals surface area contributed by atoms with Crippen LogP contribution in [0, 0.1) is 0 Å². The van der Waals surface area contributed by atoms with Crippen molar-refractivity contribution in [2.24, 2.45) is 0 Å². The lowest BCUT2D eigenvalue weighted by molar-refractivity contribution is -0.144. The minimum Gasteiger partial charge on any atom is -0.480 e. The Morgan fingerprint density at radius 1 is 1.48 bits per heavy atom. The van der Waals surface area contributed by atoms with Gasteiger partial charge < -0.3 is 10.4 Å². The molecular weight excluding hydrogens is 304 g/mol. The molecule has 0 aliphatic heterocycles. The molecule has 2 N–H and O–H groups in total. The molecule has 0 saturated heterocycles. The number of nitrogens with one attached hydrogen (secondary N) is 1. The lowest BCUT2D eigenvalue weighted by atomic mass is 9.96. The number of carboxylic acids is 1. The summed E-state index contributed by atoms with van der Waals surface area (Å²) in [6.07, 6.45) is 1.46. The van der Waals surface area contributed by atoms with Gasteiger partial charge in [-0.25, -0.2) is 4.98 Å². The highest BCUT2D eigenvalue weighted by Gasteiger charge is 2.31. The Morgan fingerprint density at radius 3 is 2.90 bits per heavy atom. The van der Waals surface area contributed by atoms with E-state index in [0.29, 0.717) is 13.0 Å². The molecule has 1 aromatic heterocycles. The van der Waals surface area contributed by atoms with E-state index in [1.807, 2.05) is 25.1 Å². The van der Waals surface area contributed by atoms with Crippen LogP contribution in [-0.4, -0.2) is 33.9 Å². The minimum atomic E-state index is -0.830. The summed E-state index contributed by atoms with van der Waals surface area (Å²) in [5.41, 5.74) is 0.205. The van der Waals surface area contributed by atoms with Crippen molar-refractivity contribution in [3.05, 3.63) is 24.3 Å². The molecule has 1 atom stereocenters. The van der Waals surface area contributed by atoms with Gasteiger partial charge in [0.25, 0.3) is 0 Å². The third kappa shape index (κ3) is 4.18. The number of carboxylic acid groups (broad SMARTS) is 1. The number of benzene rings is 1. The number of aromatic nitrogens is 1. The summed E-state index contributed by atoms with van der Waals surface area (Å²) in [5, 5.41) is 12.4. The zero-order valence-electron chi connectivity index (χ0n) is 12.3. The topological polar surface area (TPSA) is 62.2 Å². The highest BCUT2D eigenvalue weighted by Crippen LogP contribution is 2.30. The third-order valence-corrected chi connectivity index (χ3v) is 5.63. The molecule has 0 fully saturated rings. The van der Waals surface area contributed by atoms with Gasteiger partial charge in [-0.3, -0.25) is 4.79 Å². The molecule has 0 bridgehead atoms. The first-order chi connectivity index (χ1) is 10.0. The number of likely N-dealkylation sites (N-methyl/N-ethyl adjacent to an activating group) is 1. The Morgan fingerprint density at radius 2 is 2.24 bits per heavy atom. The average Bonchev–Trinajstić information content (AvgIpc) is 2.86. The number of nitrogens with zero attached hydrogens (tertiary/aromatic N) is 1. The van der Waals surface area contributed by atoms with Gasteiger partial charge in [0, 0.05) is 5.75 Å². The highest BCUT2D eigenvalue weighted by molar-refractivity contribution is 8.01. The van der Waals surface area contributed by atoms with Gasteiger partial charge >= 0.3 is 5.97 Å². The zero-order chi connectivity index (χ0) is 15.3. The van der Waals surface area contributed by atoms with Gasteiger partial charge in [0.15, 0.2) is 4.34 Å². The fourth-order valence-corrected chi connectivity index (χ4v) is 4.24. The summed E-state index contributed by atoms with van der Waals surface area (Å²) in [7, 11) is 0. The first-order valence-electron chi connectivity index (χ1n) is 7.02. The predicted octanol–water partition coefficient (Wildman–Crippen LogP) is 3.62. The molecule has 114 valence electrons. The Kier molecular flexibility index (Phi) is 5.61. The van der Waals surface area contributed by atoms with Crippen LogP contribution >= 0.6 is 23.1 Å². The molecule has 1 unspecified atom stereocenters. The lowest BCUT2D eigenvalue weighted by Gasteiger charge is -2.25. The fraction of sp³-hybridized carbons (Fsp3) is 0.467. The second-order valence-electron chi connectivity index (χ2n) is 5.07. The van der Waals surface area contributed by atoms with E-state index in [1.165, 1.54) is 4.70 Å². The molecule has 6 heteroatoms. The molecule has 0 saturated carbocycles. The summed E-state index contributed by atoms with van der Waals surface area (Å²) >= 11 is 3.40. The summed E-state index contributed by atoms with van der Waals surface area (Å²) in [6, 6.07) is 8.10. The molecular formula is C15H20N2O2S2. The first-order valence-corrected chi connectivity index (χ1v) is 8.82. The number of aliphatic carboxylic acids is 1. The number of rotatable bonds is 8.